The number of nitrogens with zero attached hydrogens (tertiary/aromatic N) is 1. The van der Waals surface area contributed by atoms with E-state index in [0.717, 1.165) is 0 Å². The van der Waals surface area contributed by atoms with Crippen LogP contribution in [0.4, 0.5) is 4.79 Å². The van der Waals surface area contributed by atoms with Crippen molar-refractivity contribution in [1.82, 2.24) is 4.90 Å². The second-order valence-electron chi connectivity index (χ2n) is 3.98. The molecule has 0 bridgehead atoms. The predicted molar refractivity (Wildman–Crippen MR) is 55.1 cm³/mol. The van der Waals surface area contributed by atoms with Crippen LogP contribution in [0.25, 0.3) is 0 Å². The first-order valence-electron chi connectivity index (χ1n) is 5.03. The van der Waals surface area contributed by atoms with E-state index in [4.69, 9.17) is 9.84 Å². The Morgan fingerprint density at radius 2 is 1.93 bits per heavy atom. The molecule has 0 rings (SSSR count). The summed E-state index contributed by atoms with van der Waals surface area (Å²) < 4.78 is 5.06. The van der Waals surface area contributed by atoms with Gasteiger partial charge in [0.05, 0.1) is 13.2 Å². The third-order valence-electron chi connectivity index (χ3n) is 1.74. The minimum atomic E-state index is -0.345. The molecule has 0 aromatic heterocycles. The summed E-state index contributed by atoms with van der Waals surface area (Å²) in [5, 5.41) is 8.76. The first-order chi connectivity index (χ1) is 6.49. The minimum Gasteiger partial charge on any atom is -0.449 e. The summed E-state index contributed by atoms with van der Waals surface area (Å²) in [6.07, 6.45) is -0.345. The van der Waals surface area contributed by atoms with Gasteiger partial charge in [-0.2, -0.15) is 0 Å². The normalized spacial score (nSPS) is 10.8. The van der Waals surface area contributed by atoms with Gasteiger partial charge in [0.1, 0.15) is 0 Å². The standard InChI is InChI=1S/C10H21NO3/c1-8(2)7-14-10(13)11(5-6-12)9(3)4/h8-9,12H,5-7H2,1-4H3. The Hall–Kier alpha value is -0.770. The number of rotatable bonds is 5. The molecule has 4 heteroatoms. The van der Waals surface area contributed by atoms with Crippen LogP contribution in [0.3, 0.4) is 0 Å². The van der Waals surface area contributed by atoms with Crippen LogP contribution in [0.5, 0.6) is 0 Å². The number of aliphatic hydroxyl groups excluding tert-OH is 1. The Labute approximate surface area is 85.9 Å². The summed E-state index contributed by atoms with van der Waals surface area (Å²) in [4.78, 5) is 13.0. The number of hydrogen-bond acceptors (Lipinski definition) is 3. The molecule has 0 saturated carbocycles. The molecule has 14 heavy (non-hydrogen) atoms. The van der Waals surface area contributed by atoms with Crippen molar-refractivity contribution < 1.29 is 14.6 Å². The first kappa shape index (κ1) is 13.2. The summed E-state index contributed by atoms with van der Waals surface area (Å²) in [5.74, 6) is 0.335. The van der Waals surface area contributed by atoms with Crippen molar-refractivity contribution in [2.24, 2.45) is 5.92 Å². The van der Waals surface area contributed by atoms with Crippen molar-refractivity contribution in [3.05, 3.63) is 0 Å². The van der Waals surface area contributed by atoms with Crippen LogP contribution in [0.1, 0.15) is 27.7 Å². The van der Waals surface area contributed by atoms with Gasteiger partial charge in [0.2, 0.25) is 0 Å². The molecule has 0 spiro atoms. The van der Waals surface area contributed by atoms with Crippen molar-refractivity contribution >= 4 is 6.09 Å². The lowest BCUT2D eigenvalue weighted by Crippen LogP contribution is -2.39. The van der Waals surface area contributed by atoms with Crippen LogP contribution in [0.15, 0.2) is 0 Å². The maximum absolute atomic E-state index is 11.5. The number of hydrogen-bond donors (Lipinski definition) is 1. The Balaban J connectivity index is 4.02. The van der Waals surface area contributed by atoms with Crippen LogP contribution in [-0.4, -0.2) is 41.9 Å². The fourth-order valence-corrected chi connectivity index (χ4v) is 0.989. The van der Waals surface area contributed by atoms with Gasteiger partial charge in [0.15, 0.2) is 0 Å². The van der Waals surface area contributed by atoms with E-state index in [1.165, 1.54) is 4.90 Å². The van der Waals surface area contributed by atoms with Gasteiger partial charge >= 0.3 is 6.09 Å². The maximum atomic E-state index is 11.5. The zero-order valence-electron chi connectivity index (χ0n) is 9.49. The molecule has 0 heterocycles. The molecule has 1 N–H and O–H groups in total. The largest absolute Gasteiger partial charge is 0.449 e. The van der Waals surface area contributed by atoms with Crippen molar-refractivity contribution in [2.45, 2.75) is 33.7 Å². The van der Waals surface area contributed by atoms with Gasteiger partial charge in [0, 0.05) is 12.6 Å². The number of carbonyl (C=O) groups excluding carboxylic acids is 1. The molecule has 0 aliphatic carbocycles. The molecule has 0 aliphatic rings. The molecule has 84 valence electrons. The minimum absolute atomic E-state index is 0.0328. The van der Waals surface area contributed by atoms with Crippen LogP contribution in [-0.2, 0) is 4.74 Å². The molecular formula is C10H21NO3. The number of amides is 1. The Bertz CT molecular complexity index is 169. The fraction of sp³-hybridized carbons (Fsp3) is 0.900. The van der Waals surface area contributed by atoms with Gasteiger partial charge in [-0.25, -0.2) is 4.79 Å². The average molecular weight is 203 g/mol. The zero-order valence-corrected chi connectivity index (χ0v) is 9.49. The van der Waals surface area contributed by atoms with Gasteiger partial charge in [0.25, 0.3) is 0 Å². The highest BCUT2D eigenvalue weighted by molar-refractivity contribution is 5.67. The van der Waals surface area contributed by atoms with Crippen molar-refractivity contribution in [3.63, 3.8) is 0 Å². The lowest BCUT2D eigenvalue weighted by molar-refractivity contribution is 0.0745. The first-order valence-corrected chi connectivity index (χ1v) is 5.03. The van der Waals surface area contributed by atoms with Crippen molar-refractivity contribution in [1.29, 1.82) is 0 Å². The van der Waals surface area contributed by atoms with Crippen LogP contribution >= 0.6 is 0 Å². The van der Waals surface area contributed by atoms with E-state index in [1.54, 1.807) is 0 Å². The molecule has 4 nitrogen and oxygen atoms in total. The summed E-state index contributed by atoms with van der Waals surface area (Å²) >= 11 is 0. The zero-order chi connectivity index (χ0) is 11.1. The molecule has 1 amide bonds. The van der Waals surface area contributed by atoms with Gasteiger partial charge in [-0.05, 0) is 19.8 Å². The van der Waals surface area contributed by atoms with E-state index < -0.39 is 0 Å². The van der Waals surface area contributed by atoms with Crippen molar-refractivity contribution in [3.8, 4) is 0 Å². The Morgan fingerprint density at radius 3 is 2.29 bits per heavy atom. The third kappa shape index (κ3) is 5.07. The maximum Gasteiger partial charge on any atom is 0.410 e. The van der Waals surface area contributed by atoms with Gasteiger partial charge < -0.3 is 14.7 Å². The summed E-state index contributed by atoms with van der Waals surface area (Å²) in [5.41, 5.74) is 0. The van der Waals surface area contributed by atoms with Gasteiger partial charge in [-0.1, -0.05) is 13.8 Å². The van der Waals surface area contributed by atoms with Gasteiger partial charge in [-0.3, -0.25) is 0 Å². The molecule has 0 unspecified atom stereocenters. The van der Waals surface area contributed by atoms with Crippen LogP contribution < -0.4 is 0 Å². The summed E-state index contributed by atoms with van der Waals surface area (Å²) in [6.45, 7) is 8.48. The van der Waals surface area contributed by atoms with E-state index in [0.29, 0.717) is 19.1 Å². The summed E-state index contributed by atoms with van der Waals surface area (Å²) in [7, 11) is 0. The molecule has 0 atom stereocenters. The van der Waals surface area contributed by atoms with Gasteiger partial charge in [-0.15, -0.1) is 0 Å². The van der Waals surface area contributed by atoms with E-state index in [-0.39, 0.29) is 18.7 Å². The number of aliphatic hydroxyl groups is 1. The molecule has 0 fully saturated rings. The van der Waals surface area contributed by atoms with E-state index in [1.807, 2.05) is 27.7 Å². The highest BCUT2D eigenvalue weighted by Crippen LogP contribution is 2.03. The smallest absolute Gasteiger partial charge is 0.410 e. The molecule has 0 aromatic rings. The van der Waals surface area contributed by atoms with E-state index >= 15 is 0 Å². The van der Waals surface area contributed by atoms with E-state index in [2.05, 4.69) is 0 Å². The Kier molecular flexibility index (Phi) is 6.28. The molecular weight excluding hydrogens is 182 g/mol. The second-order valence-corrected chi connectivity index (χ2v) is 3.98. The lowest BCUT2D eigenvalue weighted by atomic mass is 10.2. The van der Waals surface area contributed by atoms with Crippen LogP contribution in [0.2, 0.25) is 0 Å². The predicted octanol–water partition coefficient (Wildman–Crippen LogP) is 1.48. The van der Waals surface area contributed by atoms with Crippen molar-refractivity contribution in [2.75, 3.05) is 19.8 Å². The Morgan fingerprint density at radius 1 is 1.36 bits per heavy atom. The molecule has 0 aromatic carbocycles. The molecule has 0 aliphatic heterocycles. The SMILES string of the molecule is CC(C)COC(=O)N(CCO)C(C)C. The summed E-state index contributed by atoms with van der Waals surface area (Å²) in [6, 6.07) is 0.0572. The van der Waals surface area contributed by atoms with E-state index in [9.17, 15) is 4.79 Å². The topological polar surface area (TPSA) is 49.8 Å². The average Bonchev–Trinajstić information content (AvgIpc) is 2.09. The monoisotopic (exact) mass is 203 g/mol. The number of ether oxygens (including phenoxy) is 1. The second kappa shape index (κ2) is 6.65. The quantitative estimate of drug-likeness (QED) is 0.736. The molecule has 0 saturated heterocycles. The fourth-order valence-electron chi connectivity index (χ4n) is 0.989. The number of carbonyl (C=O) groups is 1. The lowest BCUT2D eigenvalue weighted by Gasteiger charge is -2.25. The highest BCUT2D eigenvalue weighted by Gasteiger charge is 2.17. The molecule has 0 radical (unpaired) electrons. The third-order valence-corrected chi connectivity index (χ3v) is 1.74. The highest BCUT2D eigenvalue weighted by atomic mass is 16.6. The van der Waals surface area contributed by atoms with Crippen LogP contribution in [0, 0.1) is 5.92 Å².